The van der Waals surface area contributed by atoms with E-state index in [4.69, 9.17) is 4.74 Å². The van der Waals surface area contributed by atoms with Crippen molar-refractivity contribution in [1.29, 1.82) is 0 Å². The Bertz CT molecular complexity index is 290. The highest BCUT2D eigenvalue weighted by Gasteiger charge is 2.39. The normalized spacial score (nSPS) is 38.0. The van der Waals surface area contributed by atoms with Gasteiger partial charge in [-0.3, -0.25) is 0 Å². The average molecular weight is 298 g/mol. The highest BCUT2D eigenvalue weighted by Crippen LogP contribution is 2.39. The summed E-state index contributed by atoms with van der Waals surface area (Å²) in [6.45, 7) is 0.984. The lowest BCUT2D eigenvalue weighted by atomic mass is 9.78. The Labute approximate surface area is 128 Å². The Morgan fingerprint density at radius 2 is 1.70 bits per heavy atom. The van der Waals surface area contributed by atoms with E-state index in [9.17, 15) is 0 Å². The maximum Gasteiger partial charge on any atom is 0.0697 e. The Balaban J connectivity index is 1.48. The Hall–Kier alpha value is 0.270. The van der Waals surface area contributed by atoms with Crippen molar-refractivity contribution < 1.29 is 4.74 Å². The van der Waals surface area contributed by atoms with E-state index in [1.807, 2.05) is 0 Å². The minimum atomic E-state index is 0.255. The Morgan fingerprint density at radius 3 is 2.40 bits per heavy atom. The maximum atomic E-state index is 6.22. The largest absolute Gasteiger partial charge is 0.375 e. The molecule has 3 aliphatic rings. The summed E-state index contributed by atoms with van der Waals surface area (Å²) in [6.07, 6.45) is 17.2. The Morgan fingerprint density at radius 1 is 0.950 bits per heavy atom. The zero-order valence-corrected chi connectivity index (χ0v) is 13.9. The topological polar surface area (TPSA) is 21.3 Å². The van der Waals surface area contributed by atoms with Crippen LogP contribution in [0.25, 0.3) is 0 Å². The predicted octanol–water partition coefficient (Wildman–Crippen LogP) is 4.13. The predicted molar refractivity (Wildman–Crippen MR) is 87.5 cm³/mol. The molecule has 3 rings (SSSR count). The molecule has 0 bridgehead atoms. The van der Waals surface area contributed by atoms with Gasteiger partial charge in [-0.05, 0) is 57.6 Å². The smallest absolute Gasteiger partial charge is 0.0697 e. The van der Waals surface area contributed by atoms with Crippen LogP contribution in [0, 0.1) is 0 Å². The molecule has 1 saturated heterocycles. The number of hydrogen-bond donors (Lipinski definition) is 1. The summed E-state index contributed by atoms with van der Waals surface area (Å²) in [5.74, 6) is 0. The van der Waals surface area contributed by atoms with Crippen molar-refractivity contribution in [3.63, 3.8) is 0 Å². The summed E-state index contributed by atoms with van der Waals surface area (Å²) in [6, 6.07) is 1.50. The second-order valence-electron chi connectivity index (χ2n) is 7.16. The monoisotopic (exact) mass is 297 g/mol. The highest BCUT2D eigenvalue weighted by molar-refractivity contribution is 7.99. The molecule has 116 valence electrons. The fourth-order valence-electron chi connectivity index (χ4n) is 4.51. The molecule has 1 aliphatic heterocycles. The highest BCUT2D eigenvalue weighted by atomic mass is 32.2. The van der Waals surface area contributed by atoms with Crippen LogP contribution in [0.1, 0.15) is 70.6 Å². The van der Waals surface area contributed by atoms with E-state index in [0.29, 0.717) is 0 Å². The molecule has 1 spiro atoms. The molecule has 0 aromatic carbocycles. The lowest BCUT2D eigenvalue weighted by Crippen LogP contribution is -2.51. The SMILES string of the molecule is CSC1CCC(NC2CCOC3(CCCCC3)C2)CC1. The van der Waals surface area contributed by atoms with E-state index in [2.05, 4.69) is 23.3 Å². The number of rotatable bonds is 3. The quantitative estimate of drug-likeness (QED) is 0.846. The lowest BCUT2D eigenvalue weighted by Gasteiger charge is -2.45. The molecule has 1 unspecified atom stereocenters. The molecule has 20 heavy (non-hydrogen) atoms. The Kier molecular flexibility index (Phi) is 5.33. The van der Waals surface area contributed by atoms with E-state index < -0.39 is 0 Å². The van der Waals surface area contributed by atoms with Crippen molar-refractivity contribution in [2.24, 2.45) is 0 Å². The van der Waals surface area contributed by atoms with Gasteiger partial charge in [0.25, 0.3) is 0 Å². The van der Waals surface area contributed by atoms with Gasteiger partial charge in [0.2, 0.25) is 0 Å². The third kappa shape index (κ3) is 3.72. The van der Waals surface area contributed by atoms with E-state index in [0.717, 1.165) is 23.9 Å². The summed E-state index contributed by atoms with van der Waals surface area (Å²) < 4.78 is 6.22. The first-order valence-electron chi connectivity index (χ1n) is 8.72. The first kappa shape index (κ1) is 15.2. The van der Waals surface area contributed by atoms with Gasteiger partial charge in [-0.1, -0.05) is 19.3 Å². The third-order valence-electron chi connectivity index (χ3n) is 5.74. The minimum Gasteiger partial charge on any atom is -0.375 e. The van der Waals surface area contributed by atoms with E-state index in [1.54, 1.807) is 0 Å². The summed E-state index contributed by atoms with van der Waals surface area (Å²) in [5, 5.41) is 4.91. The molecule has 1 N–H and O–H groups in total. The summed E-state index contributed by atoms with van der Waals surface area (Å²) in [4.78, 5) is 0. The molecule has 3 heteroatoms. The standard InChI is InChI=1S/C17H31NOS/c1-20-16-7-5-14(6-8-16)18-15-9-12-19-17(13-15)10-3-2-4-11-17/h14-16,18H,2-13H2,1H3. The van der Waals surface area contributed by atoms with Crippen molar-refractivity contribution in [3.05, 3.63) is 0 Å². The van der Waals surface area contributed by atoms with Gasteiger partial charge in [0.15, 0.2) is 0 Å². The average Bonchev–Trinajstić information content (AvgIpc) is 2.49. The summed E-state index contributed by atoms with van der Waals surface area (Å²) in [7, 11) is 0. The minimum absolute atomic E-state index is 0.255. The fraction of sp³-hybridized carbons (Fsp3) is 1.00. The third-order valence-corrected chi connectivity index (χ3v) is 6.87. The van der Waals surface area contributed by atoms with Gasteiger partial charge in [0, 0.05) is 23.9 Å². The fourth-order valence-corrected chi connectivity index (χ4v) is 5.26. The first-order valence-corrected chi connectivity index (χ1v) is 10.0. The van der Waals surface area contributed by atoms with Crippen LogP contribution in [0.2, 0.25) is 0 Å². The second kappa shape index (κ2) is 7.02. The summed E-state index contributed by atoms with van der Waals surface area (Å²) >= 11 is 2.06. The zero-order chi connectivity index (χ0) is 13.8. The van der Waals surface area contributed by atoms with Crippen LogP contribution in [0.5, 0.6) is 0 Å². The van der Waals surface area contributed by atoms with Gasteiger partial charge in [-0.2, -0.15) is 11.8 Å². The second-order valence-corrected chi connectivity index (χ2v) is 8.30. The molecule has 0 aromatic heterocycles. The molecule has 0 aromatic rings. The van der Waals surface area contributed by atoms with Crippen LogP contribution in [0.15, 0.2) is 0 Å². The number of ether oxygens (including phenoxy) is 1. The van der Waals surface area contributed by atoms with Crippen molar-refractivity contribution in [2.75, 3.05) is 12.9 Å². The van der Waals surface area contributed by atoms with Crippen LogP contribution in [0.3, 0.4) is 0 Å². The molecule has 2 saturated carbocycles. The molecular weight excluding hydrogens is 266 g/mol. The van der Waals surface area contributed by atoms with E-state index in [-0.39, 0.29) is 5.60 Å². The maximum absolute atomic E-state index is 6.22. The first-order chi connectivity index (χ1) is 9.80. The zero-order valence-electron chi connectivity index (χ0n) is 13.0. The van der Waals surface area contributed by atoms with Crippen LogP contribution in [-0.2, 0) is 4.74 Å². The number of thioether (sulfide) groups is 1. The van der Waals surface area contributed by atoms with Gasteiger partial charge < -0.3 is 10.1 Å². The molecule has 1 heterocycles. The van der Waals surface area contributed by atoms with Crippen LogP contribution < -0.4 is 5.32 Å². The molecule has 2 nitrogen and oxygen atoms in total. The van der Waals surface area contributed by atoms with E-state index >= 15 is 0 Å². The van der Waals surface area contributed by atoms with Gasteiger partial charge in [0.05, 0.1) is 5.60 Å². The van der Waals surface area contributed by atoms with Gasteiger partial charge in [0.1, 0.15) is 0 Å². The number of hydrogen-bond acceptors (Lipinski definition) is 3. The van der Waals surface area contributed by atoms with Crippen molar-refractivity contribution in [1.82, 2.24) is 5.32 Å². The van der Waals surface area contributed by atoms with Gasteiger partial charge in [-0.25, -0.2) is 0 Å². The van der Waals surface area contributed by atoms with E-state index in [1.165, 1.54) is 70.6 Å². The molecule has 0 amide bonds. The molecule has 1 atom stereocenters. The number of nitrogens with one attached hydrogen (secondary N) is 1. The van der Waals surface area contributed by atoms with Crippen molar-refractivity contribution >= 4 is 11.8 Å². The van der Waals surface area contributed by atoms with Gasteiger partial charge in [-0.15, -0.1) is 0 Å². The molecule has 3 fully saturated rings. The molecule has 2 aliphatic carbocycles. The van der Waals surface area contributed by atoms with Gasteiger partial charge >= 0.3 is 0 Å². The lowest BCUT2D eigenvalue weighted by molar-refractivity contribution is -0.110. The van der Waals surface area contributed by atoms with Crippen LogP contribution in [-0.4, -0.2) is 35.8 Å². The molecular formula is C17H31NOS. The van der Waals surface area contributed by atoms with Crippen LogP contribution >= 0.6 is 11.8 Å². The molecule has 0 radical (unpaired) electrons. The van der Waals surface area contributed by atoms with Crippen LogP contribution in [0.4, 0.5) is 0 Å². The van der Waals surface area contributed by atoms with Crippen molar-refractivity contribution in [3.8, 4) is 0 Å². The van der Waals surface area contributed by atoms with Crippen molar-refractivity contribution in [2.45, 2.75) is 93.6 Å². The summed E-state index contributed by atoms with van der Waals surface area (Å²) in [5.41, 5.74) is 0.255.